The van der Waals surface area contributed by atoms with Crippen molar-refractivity contribution in [3.8, 4) is 11.5 Å². The van der Waals surface area contributed by atoms with Crippen LogP contribution in [-0.4, -0.2) is 37.6 Å². The van der Waals surface area contributed by atoms with Crippen LogP contribution in [-0.2, 0) is 4.79 Å². The third kappa shape index (κ3) is 4.68. The van der Waals surface area contributed by atoms with Crippen LogP contribution in [0.2, 0.25) is 0 Å². The smallest absolute Gasteiger partial charge is 0.387 e. The molecule has 0 bridgehead atoms. The maximum Gasteiger partial charge on any atom is 0.387 e. The Morgan fingerprint density at radius 1 is 1.43 bits per heavy atom. The number of nitrogens with zero attached hydrogens (tertiary/aromatic N) is 1. The Bertz CT molecular complexity index is 575. The van der Waals surface area contributed by atoms with Crippen LogP contribution in [0.4, 0.5) is 8.78 Å². The molecule has 1 aliphatic heterocycles. The normalized spacial score (nSPS) is 18.5. The van der Waals surface area contributed by atoms with Gasteiger partial charge in [-0.25, -0.2) is 0 Å². The Morgan fingerprint density at radius 3 is 2.87 bits per heavy atom. The summed E-state index contributed by atoms with van der Waals surface area (Å²) in [4.78, 5) is 14.0. The van der Waals surface area contributed by atoms with Gasteiger partial charge in [0.05, 0.1) is 7.11 Å². The van der Waals surface area contributed by atoms with Crippen LogP contribution in [0.5, 0.6) is 11.5 Å². The lowest BCUT2D eigenvalue weighted by Crippen LogP contribution is -2.38. The molecule has 126 valence electrons. The third-order valence-electron chi connectivity index (χ3n) is 3.81. The molecule has 0 N–H and O–H groups in total. The number of carbonyl (C=O) groups is 1. The molecular formula is C17H21F2NO3. The van der Waals surface area contributed by atoms with Gasteiger partial charge in [-0.15, -0.1) is 0 Å². The van der Waals surface area contributed by atoms with Crippen LogP contribution in [0, 0.1) is 5.92 Å². The average Bonchev–Trinajstić information content (AvgIpc) is 2.53. The van der Waals surface area contributed by atoms with E-state index >= 15 is 0 Å². The first-order valence-electron chi connectivity index (χ1n) is 7.60. The fourth-order valence-electron chi connectivity index (χ4n) is 2.70. The number of halogens is 2. The first kappa shape index (κ1) is 17.2. The minimum Gasteiger partial charge on any atom is -0.493 e. The average molecular weight is 325 g/mol. The number of benzene rings is 1. The zero-order valence-electron chi connectivity index (χ0n) is 13.3. The Labute approximate surface area is 134 Å². The molecule has 0 saturated carbocycles. The van der Waals surface area contributed by atoms with Crippen molar-refractivity contribution < 1.29 is 23.0 Å². The lowest BCUT2D eigenvalue weighted by atomic mass is 10.0. The van der Waals surface area contributed by atoms with Crippen LogP contribution >= 0.6 is 0 Å². The van der Waals surface area contributed by atoms with E-state index in [-0.39, 0.29) is 17.4 Å². The molecule has 1 amide bonds. The molecule has 1 unspecified atom stereocenters. The minimum absolute atomic E-state index is 0.0685. The van der Waals surface area contributed by atoms with E-state index in [1.807, 2.05) is 0 Å². The van der Waals surface area contributed by atoms with E-state index in [4.69, 9.17) is 4.74 Å². The molecule has 0 spiro atoms. The first-order chi connectivity index (χ1) is 11.0. The van der Waals surface area contributed by atoms with Crippen molar-refractivity contribution in [2.24, 2.45) is 5.92 Å². The maximum absolute atomic E-state index is 12.6. The number of ether oxygens (including phenoxy) is 2. The van der Waals surface area contributed by atoms with Gasteiger partial charge < -0.3 is 14.4 Å². The molecule has 1 aromatic carbocycles. The highest BCUT2D eigenvalue weighted by atomic mass is 19.3. The summed E-state index contributed by atoms with van der Waals surface area (Å²) in [6.07, 6.45) is 4.99. The molecule has 1 aliphatic rings. The van der Waals surface area contributed by atoms with Gasteiger partial charge in [-0.3, -0.25) is 4.79 Å². The molecular weight excluding hydrogens is 304 g/mol. The van der Waals surface area contributed by atoms with Crippen LogP contribution in [0.15, 0.2) is 24.3 Å². The molecule has 1 fully saturated rings. The van der Waals surface area contributed by atoms with Crippen LogP contribution in [0.25, 0.3) is 6.08 Å². The second-order valence-electron chi connectivity index (χ2n) is 5.62. The van der Waals surface area contributed by atoms with Gasteiger partial charge in [-0.1, -0.05) is 19.1 Å². The van der Waals surface area contributed by atoms with Crippen molar-refractivity contribution in [2.75, 3.05) is 20.2 Å². The predicted molar refractivity (Wildman–Crippen MR) is 83.6 cm³/mol. The third-order valence-corrected chi connectivity index (χ3v) is 3.81. The van der Waals surface area contributed by atoms with E-state index in [9.17, 15) is 13.6 Å². The molecule has 23 heavy (non-hydrogen) atoms. The summed E-state index contributed by atoms with van der Waals surface area (Å²) in [7, 11) is 1.38. The van der Waals surface area contributed by atoms with Gasteiger partial charge in [0.15, 0.2) is 11.5 Å². The summed E-state index contributed by atoms with van der Waals surface area (Å²) in [6.45, 7) is 0.602. The summed E-state index contributed by atoms with van der Waals surface area (Å²) in [5.74, 6) is 0.491. The molecule has 0 aliphatic carbocycles. The molecule has 2 rings (SSSR count). The number of hydrogen-bond acceptors (Lipinski definition) is 3. The maximum atomic E-state index is 12.6. The topological polar surface area (TPSA) is 38.8 Å². The van der Waals surface area contributed by atoms with Gasteiger partial charge in [0.2, 0.25) is 5.91 Å². The van der Waals surface area contributed by atoms with Crippen molar-refractivity contribution in [3.05, 3.63) is 29.8 Å². The number of amides is 1. The van der Waals surface area contributed by atoms with Gasteiger partial charge in [0.1, 0.15) is 0 Å². The Hall–Kier alpha value is -2.11. The molecule has 0 radical (unpaired) electrons. The van der Waals surface area contributed by atoms with Crippen LogP contribution in [0.3, 0.4) is 0 Å². The standard InChI is InChI=1S/C17H21F2NO3/c1-12-5-4-10-20(11-12)15(21)9-8-13-6-3-7-14(22-2)16(13)23-17(18)19/h3,6-9,12,17H,4-5,10-11H2,1-2H3. The number of hydrogen-bond donors (Lipinski definition) is 0. The number of likely N-dealkylation sites (tertiary alicyclic amines) is 1. The molecule has 1 aromatic rings. The van der Waals surface area contributed by atoms with E-state index in [2.05, 4.69) is 11.7 Å². The van der Waals surface area contributed by atoms with Crippen molar-refractivity contribution >= 4 is 12.0 Å². The van der Waals surface area contributed by atoms with E-state index in [0.29, 0.717) is 11.5 Å². The number of methoxy groups -OCH3 is 1. The lowest BCUT2D eigenvalue weighted by Gasteiger charge is -2.30. The fourth-order valence-corrected chi connectivity index (χ4v) is 2.70. The van der Waals surface area contributed by atoms with Gasteiger partial charge in [-0.2, -0.15) is 8.78 Å². The quantitative estimate of drug-likeness (QED) is 0.777. The highest BCUT2D eigenvalue weighted by molar-refractivity contribution is 5.92. The summed E-state index contributed by atoms with van der Waals surface area (Å²) < 4.78 is 34.7. The first-order valence-corrected chi connectivity index (χ1v) is 7.60. The van der Waals surface area contributed by atoms with Crippen LogP contribution < -0.4 is 9.47 Å². The second-order valence-corrected chi connectivity index (χ2v) is 5.62. The molecule has 1 saturated heterocycles. The van der Waals surface area contributed by atoms with Crippen molar-refractivity contribution in [2.45, 2.75) is 26.4 Å². The molecule has 1 heterocycles. The summed E-state index contributed by atoms with van der Waals surface area (Å²) in [6, 6.07) is 4.79. The largest absolute Gasteiger partial charge is 0.493 e. The van der Waals surface area contributed by atoms with Crippen molar-refractivity contribution in [1.82, 2.24) is 4.90 Å². The lowest BCUT2D eigenvalue weighted by molar-refractivity contribution is -0.127. The molecule has 6 heteroatoms. The Morgan fingerprint density at radius 2 is 2.22 bits per heavy atom. The van der Waals surface area contributed by atoms with Gasteiger partial charge in [0.25, 0.3) is 0 Å². The zero-order chi connectivity index (χ0) is 16.8. The monoisotopic (exact) mass is 325 g/mol. The van der Waals surface area contributed by atoms with E-state index in [1.54, 1.807) is 17.0 Å². The van der Waals surface area contributed by atoms with E-state index in [1.165, 1.54) is 25.3 Å². The van der Waals surface area contributed by atoms with Crippen molar-refractivity contribution in [3.63, 3.8) is 0 Å². The summed E-state index contributed by atoms with van der Waals surface area (Å²) in [5.41, 5.74) is 0.378. The number of piperidine rings is 1. The SMILES string of the molecule is COc1cccc(C=CC(=O)N2CCCC(C)C2)c1OC(F)F. The highest BCUT2D eigenvalue weighted by Gasteiger charge is 2.19. The minimum atomic E-state index is -2.96. The summed E-state index contributed by atoms with van der Waals surface area (Å²) >= 11 is 0. The number of carbonyl (C=O) groups excluding carboxylic acids is 1. The number of para-hydroxylation sites is 1. The van der Waals surface area contributed by atoms with Gasteiger partial charge in [0, 0.05) is 24.7 Å². The fraction of sp³-hybridized carbons (Fsp3) is 0.471. The summed E-state index contributed by atoms with van der Waals surface area (Å²) in [5, 5.41) is 0. The highest BCUT2D eigenvalue weighted by Crippen LogP contribution is 2.33. The van der Waals surface area contributed by atoms with Crippen LogP contribution in [0.1, 0.15) is 25.3 Å². The molecule has 4 nitrogen and oxygen atoms in total. The van der Waals surface area contributed by atoms with E-state index in [0.717, 1.165) is 25.9 Å². The Kier molecular flexibility index (Phi) is 5.96. The molecule has 0 aromatic heterocycles. The molecule has 1 atom stereocenters. The predicted octanol–water partition coefficient (Wildman–Crippen LogP) is 3.57. The van der Waals surface area contributed by atoms with Crippen molar-refractivity contribution in [1.29, 1.82) is 0 Å². The Balaban J connectivity index is 2.16. The van der Waals surface area contributed by atoms with Gasteiger partial charge in [-0.05, 0) is 30.9 Å². The zero-order valence-corrected chi connectivity index (χ0v) is 13.3. The number of alkyl halides is 2. The second kappa shape index (κ2) is 7.94. The van der Waals surface area contributed by atoms with Gasteiger partial charge >= 0.3 is 6.61 Å². The van der Waals surface area contributed by atoms with E-state index < -0.39 is 6.61 Å². The number of rotatable bonds is 5.